The van der Waals surface area contributed by atoms with E-state index in [1.54, 1.807) is 12.1 Å². The number of hydrogen-bond donors (Lipinski definition) is 0. The zero-order valence-corrected chi connectivity index (χ0v) is 10.2. The van der Waals surface area contributed by atoms with Crippen molar-refractivity contribution in [3.8, 4) is 0 Å². The number of hydrogen-bond acceptors (Lipinski definition) is 0. The van der Waals surface area contributed by atoms with Crippen molar-refractivity contribution in [2.45, 2.75) is 12.1 Å². The average Bonchev–Trinajstić information content (AvgIpc) is 2.40. The molecule has 0 saturated carbocycles. The molecule has 3 heteroatoms. The van der Waals surface area contributed by atoms with Crippen LogP contribution >= 0.6 is 0 Å². The van der Waals surface area contributed by atoms with Crippen LogP contribution < -0.4 is 0 Å². The van der Waals surface area contributed by atoms with Crippen LogP contribution in [0.4, 0.5) is 13.2 Å². The molecule has 1 unspecified atom stereocenters. The summed E-state index contributed by atoms with van der Waals surface area (Å²) >= 11 is 0. The fourth-order valence-electron chi connectivity index (χ4n) is 2.03. The summed E-state index contributed by atoms with van der Waals surface area (Å²) in [6.07, 6.45) is -2.66. The second kappa shape index (κ2) is 5.31. The van der Waals surface area contributed by atoms with Crippen molar-refractivity contribution in [1.29, 1.82) is 0 Å². The van der Waals surface area contributed by atoms with E-state index < -0.39 is 11.7 Å². The zero-order chi connectivity index (χ0) is 13.9. The Morgan fingerprint density at radius 3 is 2.11 bits per heavy atom. The van der Waals surface area contributed by atoms with Crippen molar-refractivity contribution >= 4 is 0 Å². The van der Waals surface area contributed by atoms with Crippen molar-refractivity contribution in [2.75, 3.05) is 0 Å². The molecule has 0 radical (unpaired) electrons. The second-order valence-corrected chi connectivity index (χ2v) is 4.25. The van der Waals surface area contributed by atoms with Crippen molar-refractivity contribution in [2.24, 2.45) is 0 Å². The highest BCUT2D eigenvalue weighted by Crippen LogP contribution is 2.33. The van der Waals surface area contributed by atoms with Gasteiger partial charge in [0.15, 0.2) is 0 Å². The Labute approximate surface area is 110 Å². The largest absolute Gasteiger partial charge is 0.416 e. The first kappa shape index (κ1) is 13.4. The summed E-state index contributed by atoms with van der Waals surface area (Å²) in [5, 5.41) is 0. The van der Waals surface area contributed by atoms with Crippen LogP contribution in [0.25, 0.3) is 0 Å². The van der Waals surface area contributed by atoms with Gasteiger partial charge < -0.3 is 0 Å². The van der Waals surface area contributed by atoms with Gasteiger partial charge in [0.05, 0.1) is 5.56 Å². The third-order valence-electron chi connectivity index (χ3n) is 2.97. The molecule has 0 N–H and O–H groups in total. The highest BCUT2D eigenvalue weighted by molar-refractivity contribution is 5.38. The van der Waals surface area contributed by atoms with E-state index in [4.69, 9.17) is 0 Å². The first-order valence-electron chi connectivity index (χ1n) is 5.87. The molecule has 0 aliphatic heterocycles. The standard InChI is InChI=1S/C16H13F3/c1-2-15(12-7-4-3-5-8-12)13-9-6-10-14(11-13)16(17,18)19/h2-11,15H,1H2. The van der Waals surface area contributed by atoms with Crippen LogP contribution in [-0.2, 0) is 6.18 Å². The predicted octanol–water partition coefficient (Wildman–Crippen LogP) is 5.02. The Bertz CT molecular complexity index is 556. The summed E-state index contributed by atoms with van der Waals surface area (Å²) in [5.41, 5.74) is 0.889. The van der Waals surface area contributed by atoms with Crippen molar-refractivity contribution < 1.29 is 13.2 Å². The molecule has 2 rings (SSSR count). The van der Waals surface area contributed by atoms with Crippen molar-refractivity contribution in [1.82, 2.24) is 0 Å². The van der Waals surface area contributed by atoms with Crippen LogP contribution in [0.1, 0.15) is 22.6 Å². The minimum atomic E-state index is -4.32. The van der Waals surface area contributed by atoms with E-state index in [0.717, 1.165) is 11.6 Å². The van der Waals surface area contributed by atoms with E-state index in [-0.39, 0.29) is 5.92 Å². The molecular formula is C16H13F3. The first-order chi connectivity index (χ1) is 9.02. The molecule has 0 nitrogen and oxygen atoms in total. The van der Waals surface area contributed by atoms with Crippen molar-refractivity contribution in [3.05, 3.63) is 83.9 Å². The predicted molar refractivity (Wildman–Crippen MR) is 69.9 cm³/mol. The molecule has 1 atom stereocenters. The van der Waals surface area contributed by atoms with Gasteiger partial charge in [-0.3, -0.25) is 0 Å². The summed E-state index contributed by atoms with van der Waals surface area (Å²) < 4.78 is 38.1. The molecule has 0 spiro atoms. The van der Waals surface area contributed by atoms with Gasteiger partial charge in [0, 0.05) is 5.92 Å². The fraction of sp³-hybridized carbons (Fsp3) is 0.125. The highest BCUT2D eigenvalue weighted by Gasteiger charge is 2.30. The average molecular weight is 262 g/mol. The smallest absolute Gasteiger partial charge is 0.166 e. The van der Waals surface area contributed by atoms with Gasteiger partial charge in [0.1, 0.15) is 0 Å². The summed E-state index contributed by atoms with van der Waals surface area (Å²) in [7, 11) is 0. The fourth-order valence-corrected chi connectivity index (χ4v) is 2.03. The van der Waals surface area contributed by atoms with Gasteiger partial charge in [-0.1, -0.05) is 54.6 Å². The third kappa shape index (κ3) is 3.05. The lowest BCUT2D eigenvalue weighted by Gasteiger charge is -2.15. The highest BCUT2D eigenvalue weighted by atomic mass is 19.4. The van der Waals surface area contributed by atoms with Gasteiger partial charge in [-0.05, 0) is 17.2 Å². The lowest BCUT2D eigenvalue weighted by Crippen LogP contribution is -2.06. The van der Waals surface area contributed by atoms with E-state index in [9.17, 15) is 13.2 Å². The Morgan fingerprint density at radius 1 is 0.895 bits per heavy atom. The Balaban J connectivity index is 2.43. The minimum Gasteiger partial charge on any atom is -0.166 e. The molecule has 0 aliphatic rings. The number of allylic oxidation sites excluding steroid dienone is 1. The number of halogens is 3. The second-order valence-electron chi connectivity index (χ2n) is 4.25. The Hall–Kier alpha value is -2.03. The molecule has 98 valence electrons. The van der Waals surface area contributed by atoms with E-state index >= 15 is 0 Å². The Kier molecular flexibility index (Phi) is 3.74. The van der Waals surface area contributed by atoms with Gasteiger partial charge in [-0.15, -0.1) is 6.58 Å². The van der Waals surface area contributed by atoms with Gasteiger partial charge in [-0.25, -0.2) is 0 Å². The van der Waals surface area contributed by atoms with E-state index in [2.05, 4.69) is 6.58 Å². The maximum absolute atomic E-state index is 12.7. The van der Waals surface area contributed by atoms with Crippen LogP contribution in [0.5, 0.6) is 0 Å². The zero-order valence-electron chi connectivity index (χ0n) is 10.2. The summed E-state index contributed by atoms with van der Waals surface area (Å²) in [5.74, 6) is -0.233. The summed E-state index contributed by atoms with van der Waals surface area (Å²) in [6.45, 7) is 3.72. The van der Waals surface area contributed by atoms with Crippen LogP contribution in [-0.4, -0.2) is 0 Å². The molecule has 19 heavy (non-hydrogen) atoms. The maximum atomic E-state index is 12.7. The molecular weight excluding hydrogens is 249 g/mol. The molecule has 2 aromatic carbocycles. The molecule has 0 heterocycles. The van der Waals surface area contributed by atoms with Crippen molar-refractivity contribution in [3.63, 3.8) is 0 Å². The van der Waals surface area contributed by atoms with Crippen LogP contribution in [0, 0.1) is 0 Å². The molecule has 2 aromatic rings. The number of benzene rings is 2. The van der Waals surface area contributed by atoms with Crippen LogP contribution in [0.2, 0.25) is 0 Å². The maximum Gasteiger partial charge on any atom is 0.416 e. The molecule has 0 aliphatic carbocycles. The van der Waals surface area contributed by atoms with Crippen LogP contribution in [0.3, 0.4) is 0 Å². The van der Waals surface area contributed by atoms with E-state index in [1.165, 1.54) is 12.1 Å². The molecule has 0 aromatic heterocycles. The summed E-state index contributed by atoms with van der Waals surface area (Å²) in [6, 6.07) is 14.7. The molecule has 0 saturated heterocycles. The topological polar surface area (TPSA) is 0 Å². The monoisotopic (exact) mass is 262 g/mol. The third-order valence-corrected chi connectivity index (χ3v) is 2.97. The summed E-state index contributed by atoms with van der Waals surface area (Å²) in [4.78, 5) is 0. The molecule has 0 fully saturated rings. The normalized spacial score (nSPS) is 13.0. The van der Waals surface area contributed by atoms with Gasteiger partial charge in [0.25, 0.3) is 0 Å². The lowest BCUT2D eigenvalue weighted by molar-refractivity contribution is -0.137. The quantitative estimate of drug-likeness (QED) is 0.681. The van der Waals surface area contributed by atoms with Crippen LogP contribution in [0.15, 0.2) is 67.3 Å². The first-order valence-corrected chi connectivity index (χ1v) is 5.87. The number of rotatable bonds is 3. The van der Waals surface area contributed by atoms with Gasteiger partial charge in [0.2, 0.25) is 0 Å². The van der Waals surface area contributed by atoms with E-state index in [1.807, 2.05) is 30.3 Å². The lowest BCUT2D eigenvalue weighted by atomic mass is 9.90. The molecule has 0 bridgehead atoms. The van der Waals surface area contributed by atoms with Gasteiger partial charge in [-0.2, -0.15) is 13.2 Å². The van der Waals surface area contributed by atoms with E-state index in [0.29, 0.717) is 5.56 Å². The van der Waals surface area contributed by atoms with Gasteiger partial charge >= 0.3 is 6.18 Å². The minimum absolute atomic E-state index is 0.233. The number of alkyl halides is 3. The Morgan fingerprint density at radius 2 is 1.53 bits per heavy atom. The molecule has 0 amide bonds. The SMILES string of the molecule is C=CC(c1ccccc1)c1cccc(C(F)(F)F)c1.